The highest BCUT2D eigenvalue weighted by Gasteiger charge is 2.19. The Balaban J connectivity index is 4.44. The van der Waals surface area contributed by atoms with Gasteiger partial charge in [-0.2, -0.15) is 0 Å². The Morgan fingerprint density at radius 3 is 0.942 bits per heavy atom. The van der Waals surface area contributed by atoms with Crippen molar-refractivity contribution in [3.63, 3.8) is 0 Å². The molecular weight excluding hydrogens is 853 g/mol. The molecule has 0 saturated heterocycles. The Morgan fingerprint density at radius 1 is 0.304 bits per heavy atom. The quantitative estimate of drug-likeness (QED) is 0.0262. The number of esters is 3. The maximum Gasteiger partial charge on any atom is 0.306 e. The van der Waals surface area contributed by atoms with E-state index < -0.39 is 12.1 Å². The molecule has 0 fully saturated rings. The molecule has 0 aliphatic carbocycles. The number of ether oxygens (including phenoxy) is 3. The van der Waals surface area contributed by atoms with E-state index in [9.17, 15) is 14.4 Å². The maximum absolute atomic E-state index is 12.8. The van der Waals surface area contributed by atoms with E-state index in [-0.39, 0.29) is 31.6 Å². The van der Waals surface area contributed by atoms with Gasteiger partial charge in [0, 0.05) is 19.3 Å². The lowest BCUT2D eigenvalue weighted by Crippen LogP contribution is -2.30. The van der Waals surface area contributed by atoms with Crippen LogP contribution in [0.3, 0.4) is 0 Å². The average Bonchev–Trinajstić information content (AvgIpc) is 3.35. The van der Waals surface area contributed by atoms with Crippen LogP contribution in [0.2, 0.25) is 0 Å². The summed E-state index contributed by atoms with van der Waals surface area (Å²) in [6.45, 7) is 6.24. The smallest absolute Gasteiger partial charge is 0.306 e. The van der Waals surface area contributed by atoms with Gasteiger partial charge in [-0.25, -0.2) is 0 Å². The summed E-state index contributed by atoms with van der Waals surface area (Å²) in [4.78, 5) is 37.8. The minimum atomic E-state index is -0.837. The van der Waals surface area contributed by atoms with E-state index >= 15 is 0 Å². The third kappa shape index (κ3) is 53.8. The topological polar surface area (TPSA) is 78.9 Å². The summed E-state index contributed by atoms with van der Waals surface area (Å²) in [7, 11) is 0. The van der Waals surface area contributed by atoms with Crippen molar-refractivity contribution in [3.05, 3.63) is 158 Å². The predicted molar refractivity (Wildman–Crippen MR) is 297 cm³/mol. The molecule has 384 valence electrons. The van der Waals surface area contributed by atoms with Crippen molar-refractivity contribution in [2.45, 2.75) is 207 Å². The first kappa shape index (κ1) is 64.0. The average molecular weight is 949 g/mol. The molecule has 1 unspecified atom stereocenters. The summed E-state index contributed by atoms with van der Waals surface area (Å²) in [5, 5.41) is 0. The first-order valence-electron chi connectivity index (χ1n) is 27.0. The number of unbranched alkanes of at least 4 members (excludes halogenated alkanes) is 9. The van der Waals surface area contributed by atoms with E-state index in [4.69, 9.17) is 14.2 Å². The molecule has 0 saturated carbocycles. The highest BCUT2D eigenvalue weighted by molar-refractivity contribution is 5.71. The zero-order valence-corrected chi connectivity index (χ0v) is 43.8. The van der Waals surface area contributed by atoms with Gasteiger partial charge in [0.1, 0.15) is 13.2 Å². The Morgan fingerprint density at radius 2 is 0.594 bits per heavy atom. The van der Waals surface area contributed by atoms with Crippen LogP contribution in [0.15, 0.2) is 158 Å². The molecule has 1 atom stereocenters. The summed E-state index contributed by atoms with van der Waals surface area (Å²) in [6, 6.07) is 0. The second-order valence-electron chi connectivity index (χ2n) is 17.0. The lowest BCUT2D eigenvalue weighted by molar-refractivity contribution is -0.166. The van der Waals surface area contributed by atoms with Crippen LogP contribution in [-0.4, -0.2) is 37.2 Å². The van der Waals surface area contributed by atoms with Gasteiger partial charge in [-0.15, -0.1) is 0 Å². The zero-order chi connectivity index (χ0) is 50.0. The van der Waals surface area contributed by atoms with Crippen LogP contribution in [0.5, 0.6) is 0 Å². The SMILES string of the molecule is CC/C=C\C/C=C\C/C=C\C/C=C\C/C=C\C/C=C\C/C=C\CCCCCC(=O)OCC(COC(=O)CCCCCCCCC)OC(=O)CC/C=C\C/C=C\C/C=C\C/C=C\C/C=C\C/C=C\CC. The second kappa shape index (κ2) is 55.6. The predicted octanol–water partition coefficient (Wildman–Crippen LogP) is 18.2. The zero-order valence-electron chi connectivity index (χ0n) is 43.8. The molecule has 0 radical (unpaired) electrons. The molecule has 0 amide bonds. The highest BCUT2D eigenvalue weighted by atomic mass is 16.6. The van der Waals surface area contributed by atoms with Gasteiger partial charge in [-0.05, 0) is 116 Å². The van der Waals surface area contributed by atoms with Crippen molar-refractivity contribution >= 4 is 17.9 Å². The van der Waals surface area contributed by atoms with Crippen molar-refractivity contribution in [2.75, 3.05) is 13.2 Å². The minimum Gasteiger partial charge on any atom is -0.462 e. The summed E-state index contributed by atoms with van der Waals surface area (Å²) in [5.41, 5.74) is 0. The molecule has 0 bridgehead atoms. The van der Waals surface area contributed by atoms with E-state index in [1.807, 2.05) is 12.2 Å². The molecule has 0 aromatic rings. The van der Waals surface area contributed by atoms with Crippen LogP contribution in [-0.2, 0) is 28.6 Å². The largest absolute Gasteiger partial charge is 0.462 e. The van der Waals surface area contributed by atoms with Gasteiger partial charge < -0.3 is 14.2 Å². The van der Waals surface area contributed by atoms with Crippen LogP contribution in [0, 0.1) is 0 Å². The van der Waals surface area contributed by atoms with Crippen LogP contribution in [0.25, 0.3) is 0 Å². The second-order valence-corrected chi connectivity index (χ2v) is 17.0. The molecule has 6 nitrogen and oxygen atoms in total. The molecule has 6 heteroatoms. The fourth-order valence-corrected chi connectivity index (χ4v) is 6.56. The molecule has 0 aromatic carbocycles. The maximum atomic E-state index is 12.8. The van der Waals surface area contributed by atoms with Crippen LogP contribution in [0.4, 0.5) is 0 Å². The molecule has 0 heterocycles. The third-order valence-corrected chi connectivity index (χ3v) is 10.5. The number of rotatable bonds is 46. The first-order valence-corrected chi connectivity index (χ1v) is 27.0. The third-order valence-electron chi connectivity index (χ3n) is 10.5. The molecule has 0 spiro atoms. The van der Waals surface area contributed by atoms with Gasteiger partial charge in [-0.1, -0.05) is 224 Å². The molecular formula is C63H96O6. The van der Waals surface area contributed by atoms with Gasteiger partial charge in [0.25, 0.3) is 0 Å². The van der Waals surface area contributed by atoms with Crippen molar-refractivity contribution < 1.29 is 28.6 Å². The molecule has 0 aliphatic rings. The Labute approximate surface area is 422 Å². The van der Waals surface area contributed by atoms with Crippen molar-refractivity contribution in [1.82, 2.24) is 0 Å². The van der Waals surface area contributed by atoms with E-state index in [0.29, 0.717) is 19.3 Å². The van der Waals surface area contributed by atoms with Crippen LogP contribution in [0.1, 0.15) is 201 Å². The molecule has 69 heavy (non-hydrogen) atoms. The Hall–Kier alpha value is -4.97. The first-order chi connectivity index (χ1) is 34.0. The lowest BCUT2D eigenvalue weighted by atomic mass is 10.1. The number of hydrogen-bond donors (Lipinski definition) is 0. The summed E-state index contributed by atoms with van der Waals surface area (Å²) in [6.07, 6.45) is 81.2. The number of allylic oxidation sites excluding steroid dienone is 26. The van der Waals surface area contributed by atoms with Gasteiger partial charge >= 0.3 is 17.9 Å². The highest BCUT2D eigenvalue weighted by Crippen LogP contribution is 2.11. The minimum absolute atomic E-state index is 0.126. The van der Waals surface area contributed by atoms with Gasteiger partial charge in [-0.3, -0.25) is 14.4 Å². The van der Waals surface area contributed by atoms with Crippen molar-refractivity contribution in [2.24, 2.45) is 0 Å². The Bertz CT molecular complexity index is 1610. The van der Waals surface area contributed by atoms with Crippen molar-refractivity contribution in [1.29, 1.82) is 0 Å². The van der Waals surface area contributed by atoms with E-state index in [1.54, 1.807) is 0 Å². The van der Waals surface area contributed by atoms with E-state index in [2.05, 4.69) is 167 Å². The normalized spacial score (nSPS) is 13.4. The molecule has 0 aromatic heterocycles. The van der Waals surface area contributed by atoms with Gasteiger partial charge in [0.15, 0.2) is 6.10 Å². The van der Waals surface area contributed by atoms with Crippen molar-refractivity contribution in [3.8, 4) is 0 Å². The molecule has 0 N–H and O–H groups in total. The van der Waals surface area contributed by atoms with Crippen LogP contribution < -0.4 is 0 Å². The van der Waals surface area contributed by atoms with E-state index in [0.717, 1.165) is 128 Å². The van der Waals surface area contributed by atoms with Gasteiger partial charge in [0.2, 0.25) is 0 Å². The molecule has 0 rings (SSSR count). The number of hydrogen-bond acceptors (Lipinski definition) is 6. The van der Waals surface area contributed by atoms with Crippen LogP contribution >= 0.6 is 0 Å². The molecule has 0 aliphatic heterocycles. The fraction of sp³-hybridized carbons (Fsp3) is 0.540. The lowest BCUT2D eigenvalue weighted by Gasteiger charge is -2.18. The van der Waals surface area contributed by atoms with E-state index in [1.165, 1.54) is 25.7 Å². The number of carbonyl (C=O) groups excluding carboxylic acids is 3. The summed E-state index contributed by atoms with van der Waals surface area (Å²) in [5.74, 6) is -1.07. The Kier molecular flexibility index (Phi) is 51.6. The van der Waals surface area contributed by atoms with Gasteiger partial charge in [0.05, 0.1) is 0 Å². The fourth-order valence-electron chi connectivity index (χ4n) is 6.56. The number of carbonyl (C=O) groups is 3. The summed E-state index contributed by atoms with van der Waals surface area (Å²) < 4.78 is 16.6. The standard InChI is InChI=1S/C63H96O6/c1-4-7-10-13-16-18-20-22-24-26-28-29-30-31-32-33-35-36-38-40-42-44-47-50-53-56-62(65)68-59-60(58-67-61(64)55-52-49-46-15-12-9-6-3)69-63(66)57-54-51-48-45-43-41-39-37-34-27-25-23-21-19-17-14-11-8-5-2/h7-8,10-11,16-19,22-25,28-29,31-32,34-37,40-43,48,51,60H,4-6,9,12-15,20-21,26-27,30,33,38-39,44-47,49-50,52-59H2,1-3H3/b10-7-,11-8-,18-16-,19-17-,24-22-,25-23-,29-28-,32-31-,36-35-,37-34-,42-40-,43-41-,51-48-. The monoisotopic (exact) mass is 949 g/mol. The summed E-state index contributed by atoms with van der Waals surface area (Å²) >= 11 is 0.